The van der Waals surface area contributed by atoms with Crippen LogP contribution in [0.25, 0.3) is 0 Å². The number of rotatable bonds is 3. The number of alkyl halides is 1. The van der Waals surface area contributed by atoms with E-state index in [1.54, 1.807) is 0 Å². The lowest BCUT2D eigenvalue weighted by molar-refractivity contribution is -0.385. The summed E-state index contributed by atoms with van der Waals surface area (Å²) in [6.45, 7) is 0. The molecule has 0 spiro atoms. The maximum atomic E-state index is 13.5. The van der Waals surface area contributed by atoms with E-state index in [2.05, 4.69) is 15.9 Å². The number of nitro benzene ring substituents is 1. The first-order valence-corrected chi connectivity index (χ1v) is 8.93. The highest BCUT2D eigenvalue weighted by Gasteiger charge is 2.60. The van der Waals surface area contributed by atoms with E-state index < -0.39 is 22.1 Å². The number of benzene rings is 1. The molecule has 0 radical (unpaired) electrons. The molecule has 0 amide bonds. The van der Waals surface area contributed by atoms with Crippen molar-refractivity contribution in [2.24, 2.45) is 17.3 Å². The fraction of sp³-hybridized carbons (Fsp3) is 0.588. The van der Waals surface area contributed by atoms with Gasteiger partial charge in [-0.2, -0.15) is 0 Å². The predicted molar refractivity (Wildman–Crippen MR) is 87.5 cm³/mol. The summed E-state index contributed by atoms with van der Waals surface area (Å²) in [6, 6.07) is 2.94. The molecule has 0 heterocycles. The maximum Gasteiger partial charge on any atom is 0.317 e. The van der Waals surface area contributed by atoms with Gasteiger partial charge in [0, 0.05) is 16.5 Å². The summed E-state index contributed by atoms with van der Waals surface area (Å²) >= 11 is 3.82. The van der Waals surface area contributed by atoms with Crippen molar-refractivity contribution in [3.05, 3.63) is 34.1 Å². The molecule has 0 N–H and O–H groups in total. The largest absolute Gasteiger partial charge is 0.419 e. The van der Waals surface area contributed by atoms with E-state index in [4.69, 9.17) is 4.74 Å². The van der Waals surface area contributed by atoms with Crippen molar-refractivity contribution < 1.29 is 18.8 Å². The van der Waals surface area contributed by atoms with Crippen LogP contribution in [0.4, 0.5) is 10.1 Å². The molecule has 24 heavy (non-hydrogen) atoms. The standard InChI is InChI=1S/C17H17BrFNO4/c18-17-7-10-3-11(8-17)6-16(5-10,9-17)15(21)24-14-4-12(19)1-2-13(14)20(22)23/h1-2,4,10-11H,3,5-9H2. The molecule has 4 fully saturated rings. The highest BCUT2D eigenvalue weighted by molar-refractivity contribution is 9.10. The first-order valence-electron chi connectivity index (χ1n) is 8.14. The highest BCUT2D eigenvalue weighted by atomic mass is 79.9. The molecular weight excluding hydrogens is 381 g/mol. The quantitative estimate of drug-likeness (QED) is 0.249. The molecule has 1 aromatic rings. The Morgan fingerprint density at radius 3 is 2.54 bits per heavy atom. The van der Waals surface area contributed by atoms with Gasteiger partial charge in [0.2, 0.25) is 5.75 Å². The van der Waals surface area contributed by atoms with E-state index in [1.165, 1.54) is 0 Å². The lowest BCUT2D eigenvalue weighted by atomic mass is 9.49. The second-order valence-corrected chi connectivity index (χ2v) is 9.33. The molecule has 128 valence electrons. The van der Waals surface area contributed by atoms with Gasteiger partial charge in [0.15, 0.2) is 0 Å². The van der Waals surface area contributed by atoms with Crippen LogP contribution in [0.3, 0.4) is 0 Å². The van der Waals surface area contributed by atoms with Crippen LogP contribution < -0.4 is 4.74 Å². The molecule has 4 bridgehead atoms. The van der Waals surface area contributed by atoms with Crippen LogP contribution in [0.15, 0.2) is 18.2 Å². The second-order valence-electron chi connectivity index (χ2n) is 7.65. The van der Waals surface area contributed by atoms with Gasteiger partial charge < -0.3 is 4.74 Å². The summed E-state index contributed by atoms with van der Waals surface area (Å²) in [7, 11) is 0. The summed E-state index contributed by atoms with van der Waals surface area (Å²) in [4.78, 5) is 23.3. The van der Waals surface area contributed by atoms with E-state index in [9.17, 15) is 19.3 Å². The zero-order valence-electron chi connectivity index (χ0n) is 13.0. The van der Waals surface area contributed by atoms with Gasteiger partial charge in [-0.05, 0) is 56.4 Å². The zero-order valence-corrected chi connectivity index (χ0v) is 14.6. The van der Waals surface area contributed by atoms with E-state index in [0.29, 0.717) is 18.3 Å². The smallest absolute Gasteiger partial charge is 0.317 e. The number of carbonyl (C=O) groups is 1. The summed E-state index contributed by atoms with van der Waals surface area (Å²) in [6.07, 6.45) is 5.49. The van der Waals surface area contributed by atoms with E-state index in [0.717, 1.165) is 50.3 Å². The van der Waals surface area contributed by atoms with Gasteiger partial charge >= 0.3 is 11.7 Å². The number of nitrogens with zero attached hydrogens (tertiary/aromatic N) is 1. The number of esters is 1. The van der Waals surface area contributed by atoms with Gasteiger partial charge in [-0.25, -0.2) is 4.39 Å². The number of carbonyl (C=O) groups excluding carboxylic acids is 1. The third kappa shape index (κ3) is 2.53. The van der Waals surface area contributed by atoms with Gasteiger partial charge in [0.1, 0.15) is 5.82 Å². The molecule has 7 heteroatoms. The molecule has 5 rings (SSSR count). The third-order valence-electron chi connectivity index (χ3n) is 5.74. The Balaban J connectivity index is 1.64. The number of hydrogen-bond donors (Lipinski definition) is 0. The van der Waals surface area contributed by atoms with Crippen molar-refractivity contribution in [2.75, 3.05) is 0 Å². The van der Waals surface area contributed by atoms with Crippen molar-refractivity contribution in [1.82, 2.24) is 0 Å². The average Bonchev–Trinajstić information content (AvgIpc) is 2.44. The first kappa shape index (κ1) is 16.0. The van der Waals surface area contributed by atoms with Gasteiger partial charge in [-0.1, -0.05) is 15.9 Å². The highest BCUT2D eigenvalue weighted by Crippen LogP contribution is 2.64. The molecule has 5 nitrogen and oxygen atoms in total. The second kappa shape index (κ2) is 5.25. The zero-order chi connectivity index (χ0) is 17.1. The molecule has 2 unspecified atom stereocenters. The molecule has 0 aromatic heterocycles. The average molecular weight is 398 g/mol. The van der Waals surface area contributed by atoms with Crippen LogP contribution in [0.5, 0.6) is 5.75 Å². The van der Waals surface area contributed by atoms with Gasteiger partial charge in [-0.3, -0.25) is 14.9 Å². The third-order valence-corrected chi connectivity index (χ3v) is 6.67. The molecule has 4 aliphatic carbocycles. The summed E-state index contributed by atoms with van der Waals surface area (Å²) in [5, 5.41) is 11.1. The Labute approximate surface area is 146 Å². The van der Waals surface area contributed by atoms with Crippen molar-refractivity contribution in [1.29, 1.82) is 0 Å². The number of hydrogen-bond acceptors (Lipinski definition) is 4. The molecular formula is C17H17BrFNO4. The van der Waals surface area contributed by atoms with Crippen LogP contribution in [0.1, 0.15) is 38.5 Å². The van der Waals surface area contributed by atoms with Crippen LogP contribution >= 0.6 is 15.9 Å². The Hall–Kier alpha value is -1.50. The summed E-state index contributed by atoms with van der Waals surface area (Å²) in [5.74, 6) is -0.439. The maximum absolute atomic E-state index is 13.5. The minimum Gasteiger partial charge on any atom is -0.419 e. The fourth-order valence-corrected chi connectivity index (χ4v) is 6.77. The van der Waals surface area contributed by atoms with Crippen LogP contribution in [-0.4, -0.2) is 15.2 Å². The van der Waals surface area contributed by atoms with Crippen molar-refractivity contribution in [2.45, 2.75) is 42.8 Å². The number of ether oxygens (including phenoxy) is 1. The van der Waals surface area contributed by atoms with Gasteiger partial charge in [-0.15, -0.1) is 0 Å². The number of halogens is 2. The minimum absolute atomic E-state index is 0.0238. The number of nitro groups is 1. The topological polar surface area (TPSA) is 69.4 Å². The van der Waals surface area contributed by atoms with Crippen LogP contribution in [0, 0.1) is 33.2 Å². The van der Waals surface area contributed by atoms with Gasteiger partial charge in [0.25, 0.3) is 0 Å². The Morgan fingerprint density at radius 1 is 1.29 bits per heavy atom. The first-order chi connectivity index (χ1) is 11.3. The van der Waals surface area contributed by atoms with Crippen molar-refractivity contribution in [3.63, 3.8) is 0 Å². The lowest BCUT2D eigenvalue weighted by Crippen LogP contribution is -2.56. The summed E-state index contributed by atoms with van der Waals surface area (Å²) < 4.78 is 18.8. The molecule has 2 atom stereocenters. The summed E-state index contributed by atoms with van der Waals surface area (Å²) in [5.41, 5.74) is -0.989. The van der Waals surface area contributed by atoms with E-state index in [-0.39, 0.29) is 15.8 Å². The SMILES string of the molecule is O=C(Oc1cc(F)ccc1[N+](=O)[O-])C12CC3CC(CC(Br)(C3)C1)C2. The Bertz CT molecular complexity index is 723. The molecule has 4 saturated carbocycles. The molecule has 4 aliphatic rings. The van der Waals surface area contributed by atoms with Crippen molar-refractivity contribution >= 4 is 27.6 Å². The fourth-order valence-electron chi connectivity index (χ4n) is 5.32. The molecule has 0 saturated heterocycles. The van der Waals surface area contributed by atoms with Gasteiger partial charge in [0.05, 0.1) is 10.3 Å². The minimum atomic E-state index is -0.661. The van der Waals surface area contributed by atoms with E-state index >= 15 is 0 Å². The lowest BCUT2D eigenvalue weighted by Gasteiger charge is -2.58. The van der Waals surface area contributed by atoms with Crippen LogP contribution in [0.2, 0.25) is 0 Å². The Kier molecular flexibility index (Phi) is 3.50. The monoisotopic (exact) mass is 397 g/mol. The normalized spacial score (nSPS) is 36.6. The molecule has 0 aliphatic heterocycles. The van der Waals surface area contributed by atoms with E-state index in [1.807, 2.05) is 0 Å². The predicted octanol–water partition coefficient (Wildman–Crippen LogP) is 4.37. The Morgan fingerprint density at radius 2 is 1.96 bits per heavy atom. The van der Waals surface area contributed by atoms with Crippen molar-refractivity contribution in [3.8, 4) is 5.75 Å². The van der Waals surface area contributed by atoms with Crippen LogP contribution in [-0.2, 0) is 4.79 Å². The molecule has 1 aromatic carbocycles.